The van der Waals surface area contributed by atoms with Crippen LogP contribution in [0.2, 0.25) is 0 Å². The lowest BCUT2D eigenvalue weighted by Crippen LogP contribution is -2.42. The molecule has 1 amide bonds. The van der Waals surface area contributed by atoms with Crippen molar-refractivity contribution < 1.29 is 14.3 Å². The summed E-state index contributed by atoms with van der Waals surface area (Å²) in [6.07, 6.45) is 0.704. The van der Waals surface area contributed by atoms with Gasteiger partial charge in [-0.2, -0.15) is 0 Å². The van der Waals surface area contributed by atoms with E-state index in [2.05, 4.69) is 33.4 Å². The molecule has 4 heterocycles. The molecule has 9 heteroatoms. The number of carbonyl (C=O) groups excluding carboxylic acids is 1. The first-order valence-electron chi connectivity index (χ1n) is 11.1. The van der Waals surface area contributed by atoms with Gasteiger partial charge in [0.1, 0.15) is 22.1 Å². The van der Waals surface area contributed by atoms with Crippen LogP contribution in [0.25, 0.3) is 10.2 Å². The van der Waals surface area contributed by atoms with Crippen molar-refractivity contribution in [3.05, 3.63) is 46.5 Å². The molecule has 33 heavy (non-hydrogen) atoms. The van der Waals surface area contributed by atoms with E-state index in [1.54, 1.807) is 7.11 Å². The van der Waals surface area contributed by atoms with Crippen LogP contribution < -0.4 is 26.4 Å². The third kappa shape index (κ3) is 4.23. The number of aromatic nitrogens is 1. The van der Waals surface area contributed by atoms with E-state index < -0.39 is 0 Å². The van der Waals surface area contributed by atoms with Crippen molar-refractivity contribution in [2.24, 2.45) is 11.7 Å². The lowest BCUT2D eigenvalue weighted by Gasteiger charge is -2.28. The maximum Gasteiger partial charge on any atom is 0.263 e. The molecular weight excluding hydrogens is 438 g/mol. The normalized spacial score (nSPS) is 22.3. The number of pyridine rings is 1. The highest BCUT2D eigenvalue weighted by atomic mass is 32.1. The Bertz CT molecular complexity index is 1200. The van der Waals surface area contributed by atoms with Crippen molar-refractivity contribution in [2.75, 3.05) is 44.0 Å². The number of methoxy groups -OCH3 is 1. The summed E-state index contributed by atoms with van der Waals surface area (Å²) in [4.78, 5) is 21.0. The van der Waals surface area contributed by atoms with Crippen LogP contribution in [0, 0.1) is 12.8 Å². The number of rotatable bonds is 5. The van der Waals surface area contributed by atoms with Gasteiger partial charge in [-0.1, -0.05) is 6.07 Å². The predicted octanol–water partition coefficient (Wildman–Crippen LogP) is 2.33. The molecule has 8 nitrogen and oxygen atoms in total. The standard InChI is InChI=1S/C24H29N5O3S/c1-13-3-6-18-21(26)22(33-24(18)27-13)23(30)28-16-7-14-4-5-17(8-20(14)32-12-16)29-9-15(11-31-2)19(25)10-29/h3-6,8,15-16,19H,7,9-12,25-26H2,1-2H3,(H,28,30)/t15-,16+,19+/m0/s1. The summed E-state index contributed by atoms with van der Waals surface area (Å²) >= 11 is 1.33. The molecular formula is C24H29N5O3S. The quantitative estimate of drug-likeness (QED) is 0.527. The number of carbonyl (C=O) groups is 1. The van der Waals surface area contributed by atoms with E-state index >= 15 is 0 Å². The number of aryl methyl sites for hydroxylation is 1. The average molecular weight is 468 g/mol. The Morgan fingerprint density at radius 2 is 2.18 bits per heavy atom. The highest BCUT2D eigenvalue weighted by molar-refractivity contribution is 7.21. The zero-order valence-electron chi connectivity index (χ0n) is 18.8. The van der Waals surface area contributed by atoms with Gasteiger partial charge in [-0.3, -0.25) is 4.79 Å². The molecule has 1 fully saturated rings. The topological polar surface area (TPSA) is 116 Å². The smallest absolute Gasteiger partial charge is 0.263 e. The minimum absolute atomic E-state index is 0.0990. The molecule has 3 atom stereocenters. The SMILES string of the molecule is COC[C@@H]1CN(c2ccc3c(c2)OC[C@H](NC(=O)c2sc4nc(C)ccc4c2N)C3)C[C@H]1N. The molecule has 1 saturated heterocycles. The minimum Gasteiger partial charge on any atom is -0.491 e. The molecule has 5 rings (SSSR count). The summed E-state index contributed by atoms with van der Waals surface area (Å²) in [5.41, 5.74) is 16.1. The number of ether oxygens (including phenoxy) is 2. The number of nitrogens with two attached hydrogens (primary N) is 2. The first kappa shape index (κ1) is 21.9. The predicted molar refractivity (Wildman–Crippen MR) is 131 cm³/mol. The number of anilines is 2. The zero-order chi connectivity index (χ0) is 23.1. The van der Waals surface area contributed by atoms with Crippen LogP contribution in [0.1, 0.15) is 20.9 Å². The molecule has 0 spiro atoms. The third-order valence-corrected chi connectivity index (χ3v) is 7.58. The van der Waals surface area contributed by atoms with Crippen LogP contribution in [0.5, 0.6) is 5.75 Å². The van der Waals surface area contributed by atoms with E-state index in [0.717, 1.165) is 46.0 Å². The molecule has 0 aliphatic carbocycles. The summed E-state index contributed by atoms with van der Waals surface area (Å²) < 4.78 is 11.3. The molecule has 3 aromatic rings. The van der Waals surface area contributed by atoms with Gasteiger partial charge in [0.25, 0.3) is 5.91 Å². The van der Waals surface area contributed by atoms with Gasteiger partial charge >= 0.3 is 0 Å². The Kier molecular flexibility index (Phi) is 5.86. The second-order valence-electron chi connectivity index (χ2n) is 8.91. The van der Waals surface area contributed by atoms with Crippen LogP contribution in [0.15, 0.2) is 30.3 Å². The fourth-order valence-corrected chi connectivity index (χ4v) is 5.70. The van der Waals surface area contributed by atoms with Crippen LogP contribution >= 0.6 is 11.3 Å². The van der Waals surface area contributed by atoms with Crippen LogP contribution in [-0.4, -0.2) is 56.4 Å². The third-order valence-electron chi connectivity index (χ3n) is 6.47. The largest absolute Gasteiger partial charge is 0.491 e. The number of hydrogen-bond acceptors (Lipinski definition) is 8. The molecule has 2 aliphatic rings. The molecule has 0 unspecified atom stereocenters. The summed E-state index contributed by atoms with van der Waals surface area (Å²) in [5, 5.41) is 3.91. The molecule has 0 bridgehead atoms. The van der Waals surface area contributed by atoms with E-state index in [-0.39, 0.29) is 18.0 Å². The number of amides is 1. The lowest BCUT2D eigenvalue weighted by atomic mass is 10.0. The first-order chi connectivity index (χ1) is 15.9. The Balaban J connectivity index is 1.26. The Hall–Kier alpha value is -2.88. The molecule has 174 valence electrons. The van der Waals surface area contributed by atoms with Gasteiger partial charge < -0.3 is 31.2 Å². The number of nitrogens with zero attached hydrogens (tertiary/aromatic N) is 2. The fourth-order valence-electron chi connectivity index (χ4n) is 4.66. The summed E-state index contributed by atoms with van der Waals surface area (Å²) in [7, 11) is 1.71. The van der Waals surface area contributed by atoms with E-state index in [1.807, 2.05) is 19.1 Å². The number of nitrogens with one attached hydrogen (secondary N) is 1. The monoisotopic (exact) mass is 467 g/mol. The number of fused-ring (bicyclic) bond motifs is 2. The lowest BCUT2D eigenvalue weighted by molar-refractivity contribution is 0.0920. The van der Waals surface area contributed by atoms with Gasteiger partial charge in [-0.15, -0.1) is 11.3 Å². The van der Waals surface area contributed by atoms with Crippen LogP contribution in [-0.2, 0) is 11.2 Å². The zero-order valence-corrected chi connectivity index (χ0v) is 19.7. The van der Waals surface area contributed by atoms with Gasteiger partial charge in [-0.25, -0.2) is 4.98 Å². The molecule has 1 aromatic carbocycles. The minimum atomic E-state index is -0.183. The molecule has 0 radical (unpaired) electrons. The Morgan fingerprint density at radius 1 is 1.33 bits per heavy atom. The van der Waals surface area contributed by atoms with Crippen LogP contribution in [0.3, 0.4) is 0 Å². The van der Waals surface area contributed by atoms with Gasteiger partial charge in [0.15, 0.2) is 0 Å². The van der Waals surface area contributed by atoms with E-state index in [9.17, 15) is 4.79 Å². The van der Waals surface area contributed by atoms with Crippen molar-refractivity contribution in [1.82, 2.24) is 10.3 Å². The second kappa shape index (κ2) is 8.81. The number of thiophene rings is 1. The maximum atomic E-state index is 13.0. The van der Waals surface area contributed by atoms with Gasteiger partial charge in [0.05, 0.1) is 18.3 Å². The molecule has 2 aliphatic heterocycles. The molecule has 5 N–H and O–H groups in total. The van der Waals surface area contributed by atoms with Crippen LogP contribution in [0.4, 0.5) is 11.4 Å². The number of nitrogen functional groups attached to an aromatic ring is 1. The highest BCUT2D eigenvalue weighted by Crippen LogP contribution is 2.34. The Labute approximate surface area is 196 Å². The molecule has 0 saturated carbocycles. The van der Waals surface area contributed by atoms with E-state index in [4.69, 9.17) is 20.9 Å². The van der Waals surface area contributed by atoms with Gasteiger partial charge in [0, 0.05) is 55.0 Å². The number of hydrogen-bond donors (Lipinski definition) is 3. The van der Waals surface area contributed by atoms with Crippen molar-refractivity contribution in [3.8, 4) is 5.75 Å². The van der Waals surface area contributed by atoms with Gasteiger partial charge in [0.2, 0.25) is 0 Å². The molecule has 2 aromatic heterocycles. The number of benzene rings is 1. The van der Waals surface area contributed by atoms with E-state index in [1.165, 1.54) is 11.3 Å². The van der Waals surface area contributed by atoms with Crippen molar-refractivity contribution in [3.63, 3.8) is 0 Å². The summed E-state index contributed by atoms with van der Waals surface area (Å²) in [6, 6.07) is 10.1. The van der Waals surface area contributed by atoms with Crippen molar-refractivity contribution in [2.45, 2.75) is 25.4 Å². The Morgan fingerprint density at radius 3 is 3.00 bits per heavy atom. The van der Waals surface area contributed by atoms with Gasteiger partial charge in [-0.05, 0) is 37.1 Å². The van der Waals surface area contributed by atoms with Crippen molar-refractivity contribution >= 4 is 38.8 Å². The van der Waals surface area contributed by atoms with Crippen molar-refractivity contribution in [1.29, 1.82) is 0 Å². The average Bonchev–Trinajstić information content (AvgIpc) is 3.33. The fraction of sp³-hybridized carbons (Fsp3) is 0.417. The summed E-state index contributed by atoms with van der Waals surface area (Å²) in [5.74, 6) is 1.01. The van der Waals surface area contributed by atoms with E-state index in [0.29, 0.717) is 36.1 Å². The second-order valence-corrected chi connectivity index (χ2v) is 9.91. The highest BCUT2D eigenvalue weighted by Gasteiger charge is 2.31. The maximum absolute atomic E-state index is 13.0. The summed E-state index contributed by atoms with van der Waals surface area (Å²) in [6.45, 7) is 4.68. The first-order valence-corrected chi connectivity index (χ1v) is 12.0.